The normalized spacial score (nSPS) is 10.5. The summed E-state index contributed by atoms with van der Waals surface area (Å²) in [6, 6.07) is 14.2. The highest BCUT2D eigenvalue weighted by Gasteiger charge is 2.14. The minimum atomic E-state index is -0.436. The van der Waals surface area contributed by atoms with Crippen LogP contribution in [0.25, 0.3) is 10.9 Å². The van der Waals surface area contributed by atoms with Gasteiger partial charge in [0.05, 0.1) is 18.1 Å². The van der Waals surface area contributed by atoms with Gasteiger partial charge in [-0.3, -0.25) is 0 Å². The van der Waals surface area contributed by atoms with E-state index < -0.39 is 5.97 Å². The molecule has 0 radical (unpaired) electrons. The van der Waals surface area contributed by atoms with Crippen LogP contribution in [0.2, 0.25) is 0 Å². The highest BCUT2D eigenvalue weighted by molar-refractivity contribution is 5.89. The molecule has 3 N–H and O–H groups in total. The molecular formula is C17H16N3O3+. The number of hydrogen-bond acceptors (Lipinski definition) is 5. The molecule has 6 nitrogen and oxygen atoms in total. The standard InChI is InChI=1S/C17H15N3O3/c1-22-12-8-6-11(7-9-12)17(21)23-10-15-19-14-5-3-2-4-13(14)16(18)20-15/h2-9H,10H2,1H3,(H2,18,19,20)/p+1. The highest BCUT2D eigenvalue weighted by atomic mass is 16.5. The number of benzene rings is 2. The maximum absolute atomic E-state index is 12.0. The molecule has 0 bridgehead atoms. The number of nitrogen functional groups attached to an aromatic ring is 1. The Kier molecular flexibility index (Phi) is 4.05. The van der Waals surface area contributed by atoms with E-state index in [0.29, 0.717) is 23.0 Å². The Labute approximate surface area is 132 Å². The molecule has 0 aliphatic heterocycles. The number of anilines is 1. The fraction of sp³-hybridized carbons (Fsp3) is 0.118. The van der Waals surface area contributed by atoms with E-state index in [0.717, 1.165) is 10.9 Å². The van der Waals surface area contributed by atoms with Crippen LogP contribution in [-0.2, 0) is 11.3 Å². The van der Waals surface area contributed by atoms with Crippen molar-refractivity contribution in [2.45, 2.75) is 6.61 Å². The predicted molar refractivity (Wildman–Crippen MR) is 84.8 cm³/mol. The SMILES string of the molecule is COc1ccc(C(=O)OCc2nc3ccccc3c(N)[nH+]2)cc1. The first kappa shape index (κ1) is 14.8. The number of carbonyl (C=O) groups is 1. The van der Waals surface area contributed by atoms with Crippen LogP contribution in [0, 0.1) is 0 Å². The van der Waals surface area contributed by atoms with Gasteiger partial charge < -0.3 is 15.2 Å². The zero-order valence-corrected chi connectivity index (χ0v) is 12.6. The first-order valence-electron chi connectivity index (χ1n) is 7.05. The molecule has 1 heterocycles. The van der Waals surface area contributed by atoms with E-state index in [2.05, 4.69) is 9.97 Å². The van der Waals surface area contributed by atoms with Crippen LogP contribution in [0.5, 0.6) is 5.75 Å². The summed E-state index contributed by atoms with van der Waals surface area (Å²) in [7, 11) is 1.57. The third-order valence-electron chi connectivity index (χ3n) is 3.39. The quantitative estimate of drug-likeness (QED) is 0.745. The zero-order valence-electron chi connectivity index (χ0n) is 12.6. The number of nitrogens with two attached hydrogens (primary N) is 1. The van der Waals surface area contributed by atoms with E-state index in [1.54, 1.807) is 31.4 Å². The maximum atomic E-state index is 12.0. The van der Waals surface area contributed by atoms with Gasteiger partial charge >= 0.3 is 5.97 Å². The number of hydrogen-bond donors (Lipinski definition) is 1. The number of H-pyrrole nitrogens is 1. The molecule has 0 aliphatic rings. The van der Waals surface area contributed by atoms with Gasteiger partial charge in [0.15, 0.2) is 12.1 Å². The minimum Gasteiger partial charge on any atom is -0.497 e. The van der Waals surface area contributed by atoms with Crippen LogP contribution in [0.1, 0.15) is 16.2 Å². The molecule has 1 aromatic heterocycles. The Hall–Kier alpha value is -3.15. The lowest BCUT2D eigenvalue weighted by Gasteiger charge is -2.04. The molecule has 0 atom stereocenters. The Balaban J connectivity index is 1.73. The van der Waals surface area contributed by atoms with Crippen molar-refractivity contribution < 1.29 is 19.3 Å². The van der Waals surface area contributed by atoms with Crippen LogP contribution in [0.3, 0.4) is 0 Å². The number of rotatable bonds is 4. The van der Waals surface area contributed by atoms with Gasteiger partial charge in [0, 0.05) is 0 Å². The topological polar surface area (TPSA) is 88.6 Å². The molecule has 0 unspecified atom stereocenters. The number of aromatic amines is 1. The lowest BCUT2D eigenvalue weighted by molar-refractivity contribution is -0.381. The van der Waals surface area contributed by atoms with E-state index in [4.69, 9.17) is 15.2 Å². The first-order valence-corrected chi connectivity index (χ1v) is 7.05. The Morgan fingerprint density at radius 2 is 1.91 bits per heavy atom. The van der Waals surface area contributed by atoms with Crippen molar-refractivity contribution in [1.29, 1.82) is 0 Å². The molecule has 23 heavy (non-hydrogen) atoms. The fourth-order valence-corrected chi connectivity index (χ4v) is 2.21. The van der Waals surface area contributed by atoms with Crippen LogP contribution >= 0.6 is 0 Å². The minimum absolute atomic E-state index is 0.0138. The second-order valence-corrected chi connectivity index (χ2v) is 4.92. The zero-order chi connectivity index (χ0) is 16.2. The average Bonchev–Trinajstić information content (AvgIpc) is 2.60. The molecule has 0 saturated heterocycles. The Bertz CT molecular complexity index is 847. The van der Waals surface area contributed by atoms with Crippen LogP contribution < -0.4 is 15.5 Å². The number of carbonyl (C=O) groups excluding carboxylic acids is 1. The molecular weight excluding hydrogens is 294 g/mol. The summed E-state index contributed by atoms with van der Waals surface area (Å²) in [6.07, 6.45) is 0. The van der Waals surface area contributed by atoms with E-state index in [-0.39, 0.29) is 6.61 Å². The molecule has 116 valence electrons. The van der Waals surface area contributed by atoms with E-state index in [1.165, 1.54) is 0 Å². The highest BCUT2D eigenvalue weighted by Crippen LogP contribution is 2.15. The lowest BCUT2D eigenvalue weighted by Crippen LogP contribution is -2.21. The van der Waals surface area contributed by atoms with Gasteiger partial charge in [-0.15, -0.1) is 4.98 Å². The largest absolute Gasteiger partial charge is 0.497 e. The maximum Gasteiger partial charge on any atom is 0.338 e. The van der Waals surface area contributed by atoms with Crippen molar-refractivity contribution in [2.24, 2.45) is 0 Å². The second kappa shape index (κ2) is 6.31. The molecule has 0 amide bonds. The Morgan fingerprint density at radius 3 is 2.65 bits per heavy atom. The van der Waals surface area contributed by atoms with Crippen molar-refractivity contribution in [3.63, 3.8) is 0 Å². The second-order valence-electron chi connectivity index (χ2n) is 4.92. The number of methoxy groups -OCH3 is 1. The van der Waals surface area contributed by atoms with Gasteiger partial charge in [-0.2, -0.15) is 0 Å². The number of aromatic nitrogens is 2. The van der Waals surface area contributed by atoms with Crippen molar-refractivity contribution in [3.05, 3.63) is 59.9 Å². The van der Waals surface area contributed by atoms with E-state index in [1.807, 2.05) is 24.3 Å². The summed E-state index contributed by atoms with van der Waals surface area (Å²) in [5.74, 6) is 1.22. The lowest BCUT2D eigenvalue weighted by atomic mass is 10.2. The number of fused-ring (bicyclic) bond motifs is 1. The molecule has 0 spiro atoms. The fourth-order valence-electron chi connectivity index (χ4n) is 2.21. The summed E-state index contributed by atoms with van der Waals surface area (Å²) < 4.78 is 10.3. The number of esters is 1. The van der Waals surface area contributed by atoms with Crippen LogP contribution in [0.15, 0.2) is 48.5 Å². The van der Waals surface area contributed by atoms with Crippen molar-refractivity contribution in [2.75, 3.05) is 12.8 Å². The van der Waals surface area contributed by atoms with Gasteiger partial charge in [0.25, 0.3) is 5.82 Å². The summed E-state index contributed by atoms with van der Waals surface area (Å²) in [6.45, 7) is 0.0138. The average molecular weight is 310 g/mol. The molecule has 2 aromatic carbocycles. The van der Waals surface area contributed by atoms with E-state index in [9.17, 15) is 4.79 Å². The third kappa shape index (κ3) is 3.21. The van der Waals surface area contributed by atoms with Crippen LogP contribution in [-0.4, -0.2) is 18.1 Å². The first-order chi connectivity index (χ1) is 11.2. The van der Waals surface area contributed by atoms with Crippen molar-refractivity contribution in [3.8, 4) is 5.75 Å². The number of nitrogens with zero attached hydrogens (tertiary/aromatic N) is 1. The van der Waals surface area contributed by atoms with Gasteiger partial charge in [0.2, 0.25) is 5.82 Å². The number of ether oxygens (including phenoxy) is 2. The molecule has 0 saturated carbocycles. The van der Waals surface area contributed by atoms with Gasteiger partial charge in [-0.05, 0) is 36.4 Å². The summed E-state index contributed by atoms with van der Waals surface area (Å²) in [5, 5.41) is 0.831. The summed E-state index contributed by atoms with van der Waals surface area (Å²) in [4.78, 5) is 19.4. The Morgan fingerprint density at radius 1 is 1.17 bits per heavy atom. The number of nitrogens with one attached hydrogen (secondary N) is 1. The molecule has 3 rings (SSSR count). The summed E-state index contributed by atoms with van der Waals surface area (Å²) >= 11 is 0. The molecule has 0 aliphatic carbocycles. The predicted octanol–water partition coefficient (Wildman–Crippen LogP) is 2.00. The third-order valence-corrected chi connectivity index (χ3v) is 3.39. The van der Waals surface area contributed by atoms with Gasteiger partial charge in [-0.25, -0.2) is 9.78 Å². The molecule has 3 aromatic rings. The smallest absolute Gasteiger partial charge is 0.338 e. The van der Waals surface area contributed by atoms with Gasteiger partial charge in [-0.1, -0.05) is 12.1 Å². The van der Waals surface area contributed by atoms with Crippen molar-refractivity contribution >= 4 is 22.7 Å². The van der Waals surface area contributed by atoms with Gasteiger partial charge in [0.1, 0.15) is 5.75 Å². The van der Waals surface area contributed by atoms with Crippen LogP contribution in [0.4, 0.5) is 5.82 Å². The molecule has 0 fully saturated rings. The van der Waals surface area contributed by atoms with E-state index >= 15 is 0 Å². The summed E-state index contributed by atoms with van der Waals surface area (Å²) in [5.41, 5.74) is 7.15. The number of para-hydroxylation sites is 1. The monoisotopic (exact) mass is 310 g/mol. The van der Waals surface area contributed by atoms with Crippen molar-refractivity contribution in [1.82, 2.24) is 4.98 Å². The molecule has 6 heteroatoms.